The van der Waals surface area contributed by atoms with Gasteiger partial charge in [-0.05, 0) is 42.7 Å². The third-order valence-electron chi connectivity index (χ3n) is 7.84. The molecule has 8 nitrogen and oxygen atoms in total. The van der Waals surface area contributed by atoms with E-state index in [1.807, 2.05) is 0 Å². The Morgan fingerprint density at radius 3 is 2.18 bits per heavy atom. The highest BCUT2D eigenvalue weighted by molar-refractivity contribution is 6.74. The lowest BCUT2D eigenvalue weighted by molar-refractivity contribution is -0.0863. The van der Waals surface area contributed by atoms with Gasteiger partial charge in [0.1, 0.15) is 17.8 Å². The Labute approximate surface area is 205 Å². The maximum absolute atomic E-state index is 12.7. The number of aliphatic hydroxyl groups is 1. The van der Waals surface area contributed by atoms with Crippen LogP contribution in [0.15, 0.2) is 34.5 Å². The van der Waals surface area contributed by atoms with Gasteiger partial charge >= 0.3 is 5.69 Å². The van der Waals surface area contributed by atoms with Crippen LogP contribution >= 0.6 is 0 Å². The summed E-state index contributed by atoms with van der Waals surface area (Å²) in [5, 5.41) is 11.9. The van der Waals surface area contributed by atoms with Crippen molar-refractivity contribution < 1.29 is 18.7 Å². The molecule has 2 N–H and O–H groups in total. The van der Waals surface area contributed by atoms with Crippen LogP contribution in [-0.2, 0) is 13.6 Å². The maximum Gasteiger partial charge on any atom is 0.330 e. The average molecular weight is 513 g/mol. The van der Waals surface area contributed by atoms with Crippen LogP contribution in [0, 0.1) is 0 Å². The van der Waals surface area contributed by atoms with Gasteiger partial charge in [0, 0.05) is 12.3 Å². The van der Waals surface area contributed by atoms with Crippen LogP contribution < -0.4 is 11.2 Å². The number of aromatic nitrogens is 2. The molecule has 1 aromatic rings. The van der Waals surface area contributed by atoms with Crippen LogP contribution in [0.4, 0.5) is 0 Å². The molecule has 4 unspecified atom stereocenters. The molecule has 4 atom stereocenters. The van der Waals surface area contributed by atoms with E-state index >= 15 is 0 Å². The highest BCUT2D eigenvalue weighted by Gasteiger charge is 2.59. The van der Waals surface area contributed by atoms with E-state index in [0.29, 0.717) is 0 Å². The fourth-order valence-electron chi connectivity index (χ4n) is 3.44. The van der Waals surface area contributed by atoms with Crippen LogP contribution in [0.5, 0.6) is 0 Å². The largest absolute Gasteiger partial charge is 0.414 e. The van der Waals surface area contributed by atoms with Crippen molar-refractivity contribution in [3.8, 4) is 0 Å². The Bertz CT molecular complexity index is 989. The van der Waals surface area contributed by atoms with E-state index in [0.717, 1.165) is 0 Å². The van der Waals surface area contributed by atoms with Gasteiger partial charge in [0.25, 0.3) is 5.56 Å². The molecule has 34 heavy (non-hydrogen) atoms. The van der Waals surface area contributed by atoms with Crippen LogP contribution in [0.1, 0.15) is 54.2 Å². The van der Waals surface area contributed by atoms with E-state index in [4.69, 9.17) is 13.6 Å². The number of hydrogen-bond donors (Lipinski definition) is 2. The molecule has 1 saturated heterocycles. The number of hydrogen-bond acceptors (Lipinski definition) is 6. The molecule has 0 saturated carbocycles. The Morgan fingerprint density at radius 2 is 1.71 bits per heavy atom. The molecule has 2 heterocycles. The summed E-state index contributed by atoms with van der Waals surface area (Å²) in [4.78, 5) is 26.7. The predicted octanol–water partition coefficient (Wildman–Crippen LogP) is 4.15. The molecule has 0 amide bonds. The summed E-state index contributed by atoms with van der Waals surface area (Å²) >= 11 is 0. The Morgan fingerprint density at radius 1 is 1.15 bits per heavy atom. The molecule has 1 aromatic heterocycles. The molecule has 1 fully saturated rings. The fourth-order valence-corrected chi connectivity index (χ4v) is 5.75. The second-order valence-corrected chi connectivity index (χ2v) is 22.0. The SMILES string of the molecule is C=CCC1(O)C(CO[Si](C)(C)C(C)(C)C)OC(n2ccc(=O)[nH]c2=O)C1O[Si](C)(C)C(C)(C)C. The van der Waals surface area contributed by atoms with Gasteiger partial charge in [0.05, 0.1) is 6.61 Å². The number of rotatable bonds is 8. The molecule has 0 radical (unpaired) electrons. The minimum absolute atomic E-state index is 0.0194. The van der Waals surface area contributed by atoms with Crippen LogP contribution in [0.25, 0.3) is 0 Å². The Balaban J connectivity index is 2.58. The van der Waals surface area contributed by atoms with Gasteiger partial charge in [-0.2, -0.15) is 0 Å². The predicted molar refractivity (Wildman–Crippen MR) is 140 cm³/mol. The monoisotopic (exact) mass is 512 g/mol. The minimum atomic E-state index is -2.40. The topological polar surface area (TPSA) is 103 Å². The summed E-state index contributed by atoms with van der Waals surface area (Å²) in [5.41, 5.74) is -2.59. The van der Waals surface area contributed by atoms with Gasteiger partial charge in [-0.15, -0.1) is 6.58 Å². The van der Waals surface area contributed by atoms with Gasteiger partial charge in [-0.25, -0.2) is 4.79 Å². The Kier molecular flexibility index (Phi) is 8.19. The molecular formula is C24H44N2O6Si2. The number of nitrogens with zero attached hydrogens (tertiary/aromatic N) is 1. The van der Waals surface area contributed by atoms with Crippen molar-refractivity contribution in [3.63, 3.8) is 0 Å². The van der Waals surface area contributed by atoms with Gasteiger partial charge in [-0.1, -0.05) is 47.6 Å². The summed E-state index contributed by atoms with van der Waals surface area (Å²) in [5.74, 6) is 0. The molecule has 0 aromatic carbocycles. The molecular weight excluding hydrogens is 468 g/mol. The first-order valence-corrected chi connectivity index (χ1v) is 17.7. The zero-order chi connectivity index (χ0) is 26.3. The maximum atomic E-state index is 12.7. The average Bonchev–Trinajstić information content (AvgIpc) is 2.90. The first kappa shape index (κ1) is 28.9. The van der Waals surface area contributed by atoms with Crippen molar-refractivity contribution in [1.29, 1.82) is 0 Å². The zero-order valence-electron chi connectivity index (χ0n) is 22.5. The van der Waals surface area contributed by atoms with Crippen LogP contribution in [-0.4, -0.2) is 55.7 Å². The minimum Gasteiger partial charge on any atom is -0.414 e. The van der Waals surface area contributed by atoms with Crippen LogP contribution in [0.2, 0.25) is 36.3 Å². The van der Waals surface area contributed by atoms with Crippen molar-refractivity contribution in [3.05, 3.63) is 45.8 Å². The molecule has 2 rings (SSSR count). The van der Waals surface area contributed by atoms with E-state index < -0.39 is 51.9 Å². The third kappa shape index (κ3) is 5.74. The molecule has 0 bridgehead atoms. The van der Waals surface area contributed by atoms with Crippen molar-refractivity contribution in [2.75, 3.05) is 6.61 Å². The summed E-state index contributed by atoms with van der Waals surface area (Å²) in [6, 6.07) is 1.26. The Hall–Kier alpha value is -1.31. The van der Waals surface area contributed by atoms with Gasteiger partial charge in [-0.3, -0.25) is 14.3 Å². The van der Waals surface area contributed by atoms with Gasteiger partial charge in [0.2, 0.25) is 0 Å². The second kappa shape index (κ2) is 9.63. The molecule has 10 heteroatoms. The van der Waals surface area contributed by atoms with Crippen molar-refractivity contribution in [2.24, 2.45) is 0 Å². The van der Waals surface area contributed by atoms with E-state index in [2.05, 4.69) is 79.3 Å². The van der Waals surface area contributed by atoms with E-state index in [1.165, 1.54) is 16.8 Å². The number of nitrogens with one attached hydrogen (secondary N) is 1. The van der Waals surface area contributed by atoms with E-state index in [-0.39, 0.29) is 23.1 Å². The summed E-state index contributed by atoms with van der Waals surface area (Å²) < 4.78 is 20.8. The standard InChI is InChI=1S/C24H44N2O6Si2/c1-12-14-24(29)17(16-30-33(8,9)22(2,3)4)31-20(26-15-13-18(27)25-21(26)28)19(24)32-34(10,11)23(5,6)7/h12-13,15,17,19-20,29H,1,14,16H2,2-11H3,(H,25,27,28). The molecule has 194 valence electrons. The summed E-state index contributed by atoms with van der Waals surface area (Å²) in [6.07, 6.45) is 0.687. The van der Waals surface area contributed by atoms with Crippen molar-refractivity contribution >= 4 is 16.6 Å². The lowest BCUT2D eigenvalue weighted by Crippen LogP contribution is -2.56. The molecule has 0 spiro atoms. The smallest absolute Gasteiger partial charge is 0.330 e. The van der Waals surface area contributed by atoms with E-state index in [1.54, 1.807) is 6.08 Å². The van der Waals surface area contributed by atoms with Gasteiger partial charge < -0.3 is 18.7 Å². The van der Waals surface area contributed by atoms with E-state index in [9.17, 15) is 14.7 Å². The quantitative estimate of drug-likeness (QED) is 0.401. The first-order valence-electron chi connectivity index (χ1n) is 11.9. The number of aromatic amines is 1. The summed E-state index contributed by atoms with van der Waals surface area (Å²) in [7, 11) is -4.55. The highest BCUT2D eigenvalue weighted by Crippen LogP contribution is 2.47. The highest BCUT2D eigenvalue weighted by atomic mass is 28.4. The third-order valence-corrected chi connectivity index (χ3v) is 16.8. The summed E-state index contributed by atoms with van der Waals surface area (Å²) in [6.45, 7) is 25.3. The van der Waals surface area contributed by atoms with Gasteiger partial charge in [0.15, 0.2) is 22.9 Å². The normalized spacial score (nSPS) is 26.6. The number of H-pyrrole nitrogens is 1. The van der Waals surface area contributed by atoms with Crippen LogP contribution in [0.3, 0.4) is 0 Å². The first-order chi connectivity index (χ1) is 15.3. The zero-order valence-corrected chi connectivity index (χ0v) is 24.5. The van der Waals surface area contributed by atoms with Crippen molar-refractivity contribution in [2.45, 2.75) is 108 Å². The number of ether oxygens (including phenoxy) is 1. The fraction of sp³-hybridized carbons (Fsp3) is 0.750. The molecule has 1 aliphatic heterocycles. The lowest BCUT2D eigenvalue weighted by atomic mass is 9.89. The van der Waals surface area contributed by atoms with Crippen molar-refractivity contribution in [1.82, 2.24) is 9.55 Å². The lowest BCUT2D eigenvalue weighted by Gasteiger charge is -2.43. The molecule has 0 aliphatic carbocycles. The second-order valence-electron chi connectivity index (χ2n) is 12.4. The molecule has 1 aliphatic rings.